The summed E-state index contributed by atoms with van der Waals surface area (Å²) in [5.41, 5.74) is 6.33. The molecule has 0 atom stereocenters. The van der Waals surface area contributed by atoms with E-state index in [1.807, 2.05) is 36.4 Å². The van der Waals surface area contributed by atoms with Crippen molar-refractivity contribution in [3.63, 3.8) is 0 Å². The molecule has 28 heavy (non-hydrogen) atoms. The van der Waals surface area contributed by atoms with E-state index < -0.39 is 0 Å². The van der Waals surface area contributed by atoms with Gasteiger partial charge in [-0.05, 0) is 63.6 Å². The molecule has 2 aromatic carbocycles. The van der Waals surface area contributed by atoms with Crippen LogP contribution in [0.25, 0.3) is 10.8 Å². The third-order valence-corrected chi connectivity index (χ3v) is 4.82. The lowest BCUT2D eigenvalue weighted by Crippen LogP contribution is -2.24. The Labute approximate surface area is 166 Å². The fraction of sp³-hybridized carbons (Fsp3) is 0.304. The molecule has 0 unspecified atom stereocenters. The van der Waals surface area contributed by atoms with Gasteiger partial charge >= 0.3 is 0 Å². The number of nitrogens with zero attached hydrogens (tertiary/aromatic N) is 2. The fourth-order valence-corrected chi connectivity index (χ4v) is 3.74. The molecule has 3 rings (SSSR count). The number of hydrazone groups is 1. The topological polar surface area (TPSA) is 55.6 Å². The molecule has 5 nitrogen and oxygen atoms in total. The third-order valence-electron chi connectivity index (χ3n) is 4.82. The van der Waals surface area contributed by atoms with Gasteiger partial charge in [0.1, 0.15) is 5.75 Å². The number of hydrogen-bond acceptors (Lipinski definition) is 3. The quantitative estimate of drug-likeness (QED) is 0.525. The molecule has 0 saturated heterocycles. The van der Waals surface area contributed by atoms with Crippen LogP contribution in [0, 0.1) is 13.8 Å². The lowest BCUT2D eigenvalue weighted by molar-refractivity contribution is 0.0952. The standard InChI is InChI=1S/C23H27N3O2/c1-15-11-19(16(2)26(15)23(3,4)5)14-24-25-22(27)20-12-17-9-7-8-10-18(17)13-21(20)28-6/h7-14H,1-6H3,(H,25,27). The first kappa shape index (κ1) is 19.7. The second-order valence-corrected chi connectivity index (χ2v) is 7.93. The van der Waals surface area contributed by atoms with Gasteiger partial charge in [0.2, 0.25) is 0 Å². The molecule has 1 heterocycles. The number of aryl methyl sites for hydroxylation is 1. The summed E-state index contributed by atoms with van der Waals surface area (Å²) in [5.74, 6) is 0.223. The second kappa shape index (κ2) is 7.50. The summed E-state index contributed by atoms with van der Waals surface area (Å²) < 4.78 is 7.67. The summed E-state index contributed by atoms with van der Waals surface area (Å²) in [7, 11) is 1.56. The SMILES string of the molecule is COc1cc2ccccc2cc1C(=O)NN=Cc1cc(C)n(C(C)(C)C)c1C. The van der Waals surface area contributed by atoms with E-state index in [1.54, 1.807) is 13.3 Å². The van der Waals surface area contributed by atoms with Crippen molar-refractivity contribution in [1.82, 2.24) is 9.99 Å². The Morgan fingerprint density at radius 1 is 1.11 bits per heavy atom. The van der Waals surface area contributed by atoms with E-state index in [2.05, 4.69) is 55.8 Å². The van der Waals surface area contributed by atoms with Crippen molar-refractivity contribution in [2.75, 3.05) is 7.11 Å². The van der Waals surface area contributed by atoms with Crippen LogP contribution in [0.3, 0.4) is 0 Å². The Kier molecular flexibility index (Phi) is 5.27. The van der Waals surface area contributed by atoms with Crippen LogP contribution in [-0.4, -0.2) is 23.8 Å². The van der Waals surface area contributed by atoms with Crippen LogP contribution in [0.4, 0.5) is 0 Å². The number of carbonyl (C=O) groups is 1. The lowest BCUT2D eigenvalue weighted by atomic mass is 10.1. The van der Waals surface area contributed by atoms with Crippen molar-refractivity contribution in [2.24, 2.45) is 5.10 Å². The summed E-state index contributed by atoms with van der Waals surface area (Å²) in [6.07, 6.45) is 1.69. The number of carbonyl (C=O) groups excluding carboxylic acids is 1. The van der Waals surface area contributed by atoms with Crippen molar-refractivity contribution < 1.29 is 9.53 Å². The van der Waals surface area contributed by atoms with Gasteiger partial charge in [-0.1, -0.05) is 24.3 Å². The molecule has 0 aliphatic heterocycles. The fourth-order valence-electron chi connectivity index (χ4n) is 3.74. The number of hydrogen-bond donors (Lipinski definition) is 1. The predicted octanol–water partition coefficient (Wildman–Crippen LogP) is 4.79. The highest BCUT2D eigenvalue weighted by molar-refractivity contribution is 6.02. The van der Waals surface area contributed by atoms with E-state index in [4.69, 9.17) is 4.74 Å². The molecule has 0 fully saturated rings. The predicted molar refractivity (Wildman–Crippen MR) is 114 cm³/mol. The molecule has 0 radical (unpaired) electrons. The Morgan fingerprint density at radius 3 is 2.32 bits per heavy atom. The number of rotatable bonds is 4. The number of ether oxygens (including phenoxy) is 1. The van der Waals surface area contributed by atoms with E-state index in [9.17, 15) is 4.79 Å². The van der Waals surface area contributed by atoms with E-state index in [-0.39, 0.29) is 11.4 Å². The van der Waals surface area contributed by atoms with E-state index in [1.165, 1.54) is 0 Å². The summed E-state index contributed by atoms with van der Waals surface area (Å²) in [4.78, 5) is 12.7. The molecule has 0 aliphatic rings. The van der Waals surface area contributed by atoms with Gasteiger partial charge in [-0.15, -0.1) is 0 Å². The molecule has 0 aliphatic carbocycles. The van der Waals surface area contributed by atoms with E-state index in [0.717, 1.165) is 27.7 Å². The average Bonchev–Trinajstić information content (AvgIpc) is 2.93. The van der Waals surface area contributed by atoms with Crippen LogP contribution in [0.1, 0.15) is 48.1 Å². The molecule has 0 spiro atoms. The third kappa shape index (κ3) is 3.79. The highest BCUT2D eigenvalue weighted by atomic mass is 16.5. The zero-order valence-corrected chi connectivity index (χ0v) is 17.3. The number of fused-ring (bicyclic) bond motifs is 1. The van der Waals surface area contributed by atoms with Gasteiger partial charge in [0.05, 0.1) is 18.9 Å². The Bertz CT molecular complexity index is 1060. The first-order valence-corrected chi connectivity index (χ1v) is 9.32. The summed E-state index contributed by atoms with van der Waals surface area (Å²) in [5, 5.41) is 6.18. The number of benzene rings is 2. The second-order valence-electron chi connectivity index (χ2n) is 7.93. The van der Waals surface area contributed by atoms with Gasteiger partial charge in [0.15, 0.2) is 0 Å². The molecular formula is C23H27N3O2. The zero-order chi connectivity index (χ0) is 20.5. The van der Waals surface area contributed by atoms with Crippen molar-refractivity contribution in [3.8, 4) is 5.75 Å². The monoisotopic (exact) mass is 377 g/mol. The first-order valence-electron chi connectivity index (χ1n) is 9.32. The first-order chi connectivity index (χ1) is 13.2. The van der Waals surface area contributed by atoms with Crippen LogP contribution in [0.2, 0.25) is 0 Å². The molecule has 0 bridgehead atoms. The van der Waals surface area contributed by atoms with Gasteiger partial charge in [0.25, 0.3) is 5.91 Å². The minimum Gasteiger partial charge on any atom is -0.496 e. The highest BCUT2D eigenvalue weighted by Gasteiger charge is 2.19. The smallest absolute Gasteiger partial charge is 0.275 e. The average molecular weight is 377 g/mol. The maximum atomic E-state index is 12.7. The van der Waals surface area contributed by atoms with E-state index >= 15 is 0 Å². The molecule has 146 valence electrons. The van der Waals surface area contributed by atoms with Crippen molar-refractivity contribution in [3.05, 3.63) is 65.0 Å². The van der Waals surface area contributed by atoms with Gasteiger partial charge in [-0.25, -0.2) is 5.43 Å². The molecule has 1 aromatic heterocycles. The highest BCUT2D eigenvalue weighted by Crippen LogP contribution is 2.26. The van der Waals surface area contributed by atoms with Crippen LogP contribution >= 0.6 is 0 Å². The van der Waals surface area contributed by atoms with Crippen LogP contribution in [0.5, 0.6) is 5.75 Å². The number of nitrogens with one attached hydrogen (secondary N) is 1. The molecule has 1 amide bonds. The minimum absolute atomic E-state index is 0.0119. The van der Waals surface area contributed by atoms with Crippen LogP contribution in [0.15, 0.2) is 47.6 Å². The zero-order valence-electron chi connectivity index (χ0n) is 17.3. The van der Waals surface area contributed by atoms with Gasteiger partial charge < -0.3 is 9.30 Å². The van der Waals surface area contributed by atoms with Crippen LogP contribution < -0.4 is 10.2 Å². The largest absolute Gasteiger partial charge is 0.496 e. The van der Waals surface area contributed by atoms with Gasteiger partial charge in [-0.2, -0.15) is 5.10 Å². The number of amides is 1. The normalized spacial score (nSPS) is 11.9. The molecule has 0 saturated carbocycles. The Hall–Kier alpha value is -3.08. The van der Waals surface area contributed by atoms with Crippen molar-refractivity contribution in [2.45, 2.75) is 40.2 Å². The Morgan fingerprint density at radius 2 is 1.75 bits per heavy atom. The van der Waals surface area contributed by atoms with Gasteiger partial charge in [0, 0.05) is 22.5 Å². The molecule has 5 heteroatoms. The molecule has 1 N–H and O–H groups in total. The van der Waals surface area contributed by atoms with E-state index in [0.29, 0.717) is 11.3 Å². The maximum Gasteiger partial charge on any atom is 0.275 e. The summed E-state index contributed by atoms with van der Waals surface area (Å²) in [6.45, 7) is 10.6. The lowest BCUT2D eigenvalue weighted by Gasteiger charge is -2.25. The maximum absolute atomic E-state index is 12.7. The number of aromatic nitrogens is 1. The van der Waals surface area contributed by atoms with Crippen molar-refractivity contribution >= 4 is 22.9 Å². The number of methoxy groups -OCH3 is 1. The van der Waals surface area contributed by atoms with Gasteiger partial charge in [-0.3, -0.25) is 4.79 Å². The Balaban J connectivity index is 1.84. The molecule has 3 aromatic rings. The van der Waals surface area contributed by atoms with Crippen LogP contribution in [-0.2, 0) is 5.54 Å². The molecular weight excluding hydrogens is 350 g/mol. The summed E-state index contributed by atoms with van der Waals surface area (Å²) >= 11 is 0. The minimum atomic E-state index is -0.302. The van der Waals surface area contributed by atoms with Crippen molar-refractivity contribution in [1.29, 1.82) is 0 Å². The summed E-state index contributed by atoms with van der Waals surface area (Å²) in [6, 6.07) is 13.6.